The Bertz CT molecular complexity index is 799. The van der Waals surface area contributed by atoms with E-state index in [0.717, 1.165) is 5.69 Å². The third-order valence-corrected chi connectivity index (χ3v) is 4.02. The van der Waals surface area contributed by atoms with Gasteiger partial charge in [0.25, 0.3) is 5.79 Å². The molecule has 1 fully saturated rings. The Kier molecular flexibility index (Phi) is 7.57. The molecule has 1 heterocycles. The van der Waals surface area contributed by atoms with Gasteiger partial charge >= 0.3 is 23.9 Å². The van der Waals surface area contributed by atoms with Crippen molar-refractivity contribution < 1.29 is 38.1 Å². The molecule has 0 bridgehead atoms. The first kappa shape index (κ1) is 22.9. The Hall–Kier alpha value is -3.36. The normalized spacial score (nSPS) is 15.0. The highest BCUT2D eigenvalue weighted by Crippen LogP contribution is 2.25. The van der Waals surface area contributed by atoms with Crippen molar-refractivity contribution in [3.8, 4) is 0 Å². The molecule has 162 valence electrons. The number of ether oxygens (including phenoxy) is 4. The van der Waals surface area contributed by atoms with Gasteiger partial charge in [0.15, 0.2) is 0 Å². The summed E-state index contributed by atoms with van der Waals surface area (Å²) in [6.07, 6.45) is 1.39. The van der Waals surface area contributed by atoms with Crippen LogP contribution in [-0.4, -0.2) is 56.0 Å². The zero-order chi connectivity index (χ0) is 22.3. The molecule has 9 nitrogen and oxygen atoms in total. The molecule has 9 heteroatoms. The van der Waals surface area contributed by atoms with Crippen molar-refractivity contribution in [3.05, 3.63) is 35.4 Å². The molecule has 0 unspecified atom stereocenters. The van der Waals surface area contributed by atoms with E-state index in [9.17, 15) is 19.2 Å². The predicted octanol–water partition coefficient (Wildman–Crippen LogP) is 1.84. The van der Waals surface area contributed by atoms with Gasteiger partial charge in [-0.05, 0) is 23.8 Å². The Morgan fingerprint density at radius 2 is 1.40 bits per heavy atom. The lowest BCUT2D eigenvalue weighted by Crippen LogP contribution is -2.41. The molecule has 1 aliphatic heterocycles. The highest BCUT2D eigenvalue weighted by Gasteiger charge is 2.38. The first-order valence-corrected chi connectivity index (χ1v) is 9.37. The van der Waals surface area contributed by atoms with Gasteiger partial charge in [-0.15, -0.1) is 0 Å². The molecule has 0 N–H and O–H groups in total. The maximum atomic E-state index is 12.1. The van der Waals surface area contributed by atoms with E-state index in [2.05, 4.69) is 0 Å². The summed E-state index contributed by atoms with van der Waals surface area (Å²) in [6.45, 7) is 6.76. The van der Waals surface area contributed by atoms with E-state index in [1.165, 1.54) is 33.8 Å². The first-order chi connectivity index (χ1) is 14.1. The molecular formula is C21H25NO8. The van der Waals surface area contributed by atoms with Crippen LogP contribution in [-0.2, 0) is 38.1 Å². The number of benzene rings is 1. The summed E-state index contributed by atoms with van der Waals surface area (Å²) in [6, 6.07) is 6.98. The predicted molar refractivity (Wildman–Crippen MR) is 106 cm³/mol. The van der Waals surface area contributed by atoms with Gasteiger partial charge in [0.1, 0.15) is 18.8 Å². The molecule has 0 atom stereocenters. The number of esters is 4. The SMILES string of the molecule is CC(=O)OCCN(CCOC(C)=O)c1ccc(C=C2C(=O)OC(C)(C)OC2=O)cc1. The van der Waals surface area contributed by atoms with Crippen molar-refractivity contribution in [2.75, 3.05) is 31.2 Å². The Labute approximate surface area is 174 Å². The van der Waals surface area contributed by atoms with Gasteiger partial charge in [0.2, 0.25) is 0 Å². The molecule has 1 aromatic rings. The summed E-state index contributed by atoms with van der Waals surface area (Å²) in [5.74, 6) is -3.55. The van der Waals surface area contributed by atoms with Crippen molar-refractivity contribution in [1.29, 1.82) is 0 Å². The number of anilines is 1. The Balaban J connectivity index is 2.12. The molecule has 0 amide bonds. The lowest BCUT2D eigenvalue weighted by Gasteiger charge is -2.29. The van der Waals surface area contributed by atoms with Crippen LogP contribution in [0.1, 0.15) is 33.3 Å². The van der Waals surface area contributed by atoms with Crippen molar-refractivity contribution in [3.63, 3.8) is 0 Å². The molecule has 0 radical (unpaired) electrons. The molecule has 0 aromatic heterocycles. The number of cyclic esters (lactones) is 2. The topological polar surface area (TPSA) is 108 Å². The van der Waals surface area contributed by atoms with Gasteiger partial charge < -0.3 is 23.8 Å². The lowest BCUT2D eigenvalue weighted by atomic mass is 10.1. The molecule has 0 aliphatic carbocycles. The van der Waals surface area contributed by atoms with Crippen molar-refractivity contribution >= 4 is 35.6 Å². The van der Waals surface area contributed by atoms with E-state index in [0.29, 0.717) is 18.7 Å². The van der Waals surface area contributed by atoms with E-state index in [4.69, 9.17) is 18.9 Å². The van der Waals surface area contributed by atoms with E-state index in [-0.39, 0.29) is 30.7 Å². The fraction of sp³-hybridized carbons (Fsp3) is 0.429. The van der Waals surface area contributed by atoms with Gasteiger partial charge in [-0.1, -0.05) is 12.1 Å². The van der Waals surface area contributed by atoms with Gasteiger partial charge in [0, 0.05) is 33.4 Å². The average Bonchev–Trinajstić information content (AvgIpc) is 2.63. The van der Waals surface area contributed by atoms with Crippen LogP contribution in [0.15, 0.2) is 29.8 Å². The van der Waals surface area contributed by atoms with E-state index in [1.807, 2.05) is 4.90 Å². The molecule has 2 rings (SSSR count). The minimum Gasteiger partial charge on any atom is -0.464 e. The third kappa shape index (κ3) is 6.91. The summed E-state index contributed by atoms with van der Waals surface area (Å²) >= 11 is 0. The van der Waals surface area contributed by atoms with Crippen molar-refractivity contribution in [2.24, 2.45) is 0 Å². The first-order valence-electron chi connectivity index (χ1n) is 9.37. The largest absolute Gasteiger partial charge is 0.464 e. The van der Waals surface area contributed by atoms with Crippen molar-refractivity contribution in [2.45, 2.75) is 33.5 Å². The third-order valence-electron chi connectivity index (χ3n) is 4.02. The Morgan fingerprint density at radius 3 is 1.83 bits per heavy atom. The van der Waals surface area contributed by atoms with Gasteiger partial charge in [-0.2, -0.15) is 0 Å². The van der Waals surface area contributed by atoms with E-state index in [1.54, 1.807) is 24.3 Å². The van der Waals surface area contributed by atoms with E-state index >= 15 is 0 Å². The van der Waals surface area contributed by atoms with Crippen LogP contribution >= 0.6 is 0 Å². The highest BCUT2D eigenvalue weighted by atomic mass is 16.7. The van der Waals surface area contributed by atoms with Crippen LogP contribution in [0.2, 0.25) is 0 Å². The number of carbonyl (C=O) groups is 4. The van der Waals surface area contributed by atoms with Crippen LogP contribution in [0.4, 0.5) is 5.69 Å². The van der Waals surface area contributed by atoms with E-state index < -0.39 is 17.7 Å². The molecule has 1 saturated heterocycles. The van der Waals surface area contributed by atoms with Crippen LogP contribution in [0.25, 0.3) is 6.08 Å². The van der Waals surface area contributed by atoms with Gasteiger partial charge in [-0.3, -0.25) is 9.59 Å². The maximum absolute atomic E-state index is 12.1. The van der Waals surface area contributed by atoms with Crippen LogP contribution in [0.5, 0.6) is 0 Å². The molecular weight excluding hydrogens is 394 g/mol. The van der Waals surface area contributed by atoms with Gasteiger partial charge in [-0.25, -0.2) is 9.59 Å². The zero-order valence-electron chi connectivity index (χ0n) is 17.4. The maximum Gasteiger partial charge on any atom is 0.348 e. The minimum atomic E-state index is -1.29. The summed E-state index contributed by atoms with van der Waals surface area (Å²) < 4.78 is 20.1. The quantitative estimate of drug-likeness (QED) is 0.270. The Morgan fingerprint density at radius 1 is 0.933 bits per heavy atom. The number of hydrogen-bond donors (Lipinski definition) is 0. The summed E-state index contributed by atoms with van der Waals surface area (Å²) in [5.41, 5.74) is 1.19. The minimum absolute atomic E-state index is 0.175. The summed E-state index contributed by atoms with van der Waals surface area (Å²) in [7, 11) is 0. The van der Waals surface area contributed by atoms with Crippen LogP contribution in [0.3, 0.4) is 0 Å². The van der Waals surface area contributed by atoms with Crippen LogP contribution in [0, 0.1) is 0 Å². The summed E-state index contributed by atoms with van der Waals surface area (Å²) in [4.78, 5) is 48.0. The fourth-order valence-electron chi connectivity index (χ4n) is 2.70. The summed E-state index contributed by atoms with van der Waals surface area (Å²) in [5, 5.41) is 0. The standard InChI is InChI=1S/C21H25NO8/c1-14(23)27-11-9-22(10-12-28-15(2)24)17-7-5-16(6-8-17)13-18-19(25)29-21(3,4)30-20(18)26/h5-8,13H,9-12H2,1-4H3. The zero-order valence-corrected chi connectivity index (χ0v) is 17.4. The molecule has 0 spiro atoms. The molecule has 1 aliphatic rings. The molecule has 1 aromatic carbocycles. The van der Waals surface area contributed by atoms with Gasteiger partial charge in [0.05, 0.1) is 13.1 Å². The van der Waals surface area contributed by atoms with Crippen molar-refractivity contribution in [1.82, 2.24) is 0 Å². The monoisotopic (exact) mass is 419 g/mol. The number of nitrogens with zero attached hydrogens (tertiary/aromatic N) is 1. The number of rotatable bonds is 8. The second-order valence-electron chi connectivity index (χ2n) is 7.00. The highest BCUT2D eigenvalue weighted by molar-refractivity contribution is 6.18. The van der Waals surface area contributed by atoms with Crippen LogP contribution < -0.4 is 4.90 Å². The second kappa shape index (κ2) is 9.91. The smallest absolute Gasteiger partial charge is 0.348 e. The number of hydrogen-bond acceptors (Lipinski definition) is 9. The number of carbonyl (C=O) groups excluding carboxylic acids is 4. The fourth-order valence-corrected chi connectivity index (χ4v) is 2.70. The lowest BCUT2D eigenvalue weighted by molar-refractivity contribution is -0.222. The molecule has 30 heavy (non-hydrogen) atoms. The second-order valence-corrected chi connectivity index (χ2v) is 7.00. The molecule has 0 saturated carbocycles. The average molecular weight is 419 g/mol.